The highest BCUT2D eigenvalue weighted by atomic mass is 32.2. The van der Waals surface area contributed by atoms with Crippen molar-refractivity contribution in [3.63, 3.8) is 0 Å². The van der Waals surface area contributed by atoms with Gasteiger partial charge in [-0.1, -0.05) is 6.07 Å². The number of sulfonamides is 1. The van der Waals surface area contributed by atoms with E-state index in [1.165, 1.54) is 16.7 Å². The molecule has 2 aromatic carbocycles. The van der Waals surface area contributed by atoms with E-state index in [9.17, 15) is 18.0 Å². The van der Waals surface area contributed by atoms with Crippen LogP contribution in [0.25, 0.3) is 10.9 Å². The van der Waals surface area contributed by atoms with E-state index in [2.05, 4.69) is 20.2 Å². The Bertz CT molecular complexity index is 1640. The SMILES string of the molecule is Cc1ccc(NS(=O)(=O)c2ccc3c(c2)CC(C)O3)c(=O)n1CC(=O)NCc1ccc2[nH]ncc2c1. The molecule has 5 rings (SSSR count). The Labute approximate surface area is 207 Å². The van der Waals surface area contributed by atoms with E-state index in [0.717, 1.165) is 22.0 Å². The van der Waals surface area contributed by atoms with Gasteiger partial charge < -0.3 is 14.6 Å². The Morgan fingerprint density at radius 1 is 1.19 bits per heavy atom. The monoisotopic (exact) mass is 507 g/mol. The Balaban J connectivity index is 1.30. The fraction of sp³-hybridized carbons (Fsp3) is 0.240. The summed E-state index contributed by atoms with van der Waals surface area (Å²) in [5.41, 5.74) is 2.37. The second-order valence-corrected chi connectivity index (χ2v) is 10.5. The van der Waals surface area contributed by atoms with E-state index in [4.69, 9.17) is 4.74 Å². The number of anilines is 1. The summed E-state index contributed by atoms with van der Waals surface area (Å²) >= 11 is 0. The number of amides is 1. The van der Waals surface area contributed by atoms with E-state index < -0.39 is 15.6 Å². The molecule has 1 aliphatic rings. The van der Waals surface area contributed by atoms with Crippen molar-refractivity contribution in [2.45, 2.75) is 44.4 Å². The molecular formula is C25H25N5O5S. The van der Waals surface area contributed by atoms with Gasteiger partial charge in [-0.2, -0.15) is 5.10 Å². The maximum absolute atomic E-state index is 13.1. The lowest BCUT2D eigenvalue weighted by Gasteiger charge is -2.14. The number of aromatic amines is 1. The van der Waals surface area contributed by atoms with Crippen LogP contribution in [0.3, 0.4) is 0 Å². The zero-order valence-corrected chi connectivity index (χ0v) is 20.6. The molecule has 3 heterocycles. The van der Waals surface area contributed by atoms with Gasteiger partial charge >= 0.3 is 0 Å². The number of carbonyl (C=O) groups excluding carboxylic acids is 1. The van der Waals surface area contributed by atoms with Crippen molar-refractivity contribution >= 4 is 32.5 Å². The molecular weight excluding hydrogens is 482 g/mol. The van der Waals surface area contributed by atoms with Crippen molar-refractivity contribution in [3.05, 3.63) is 81.9 Å². The van der Waals surface area contributed by atoms with Crippen LogP contribution < -0.4 is 20.3 Å². The van der Waals surface area contributed by atoms with Crippen LogP contribution in [0.1, 0.15) is 23.7 Å². The largest absolute Gasteiger partial charge is 0.490 e. The van der Waals surface area contributed by atoms with Crippen molar-refractivity contribution in [2.75, 3.05) is 4.72 Å². The highest BCUT2D eigenvalue weighted by molar-refractivity contribution is 7.92. The normalized spacial score (nSPS) is 14.9. The molecule has 0 aliphatic carbocycles. The van der Waals surface area contributed by atoms with E-state index in [1.54, 1.807) is 31.3 Å². The van der Waals surface area contributed by atoms with Crippen LogP contribution in [0, 0.1) is 6.92 Å². The third kappa shape index (κ3) is 4.69. The number of fused-ring (bicyclic) bond motifs is 2. The maximum atomic E-state index is 13.1. The predicted octanol–water partition coefficient (Wildman–Crippen LogP) is 2.47. The van der Waals surface area contributed by atoms with Crippen LogP contribution in [0.4, 0.5) is 5.69 Å². The number of aryl methyl sites for hydroxylation is 1. The summed E-state index contributed by atoms with van der Waals surface area (Å²) in [6.07, 6.45) is 2.30. The Kier molecular flexibility index (Phi) is 6.00. The Hall–Kier alpha value is -4.12. The molecule has 0 fully saturated rings. The predicted molar refractivity (Wildman–Crippen MR) is 134 cm³/mol. The molecule has 0 saturated heterocycles. The lowest BCUT2D eigenvalue weighted by molar-refractivity contribution is -0.121. The molecule has 0 spiro atoms. The number of hydrogen-bond donors (Lipinski definition) is 3. The number of nitrogens with zero attached hydrogens (tertiary/aromatic N) is 2. The number of nitrogens with one attached hydrogen (secondary N) is 3. The second kappa shape index (κ2) is 9.15. The second-order valence-electron chi connectivity index (χ2n) is 8.86. The number of carbonyl (C=O) groups is 1. The topological polar surface area (TPSA) is 135 Å². The molecule has 11 heteroatoms. The van der Waals surface area contributed by atoms with Gasteiger partial charge in [0.25, 0.3) is 15.6 Å². The Morgan fingerprint density at radius 3 is 2.86 bits per heavy atom. The van der Waals surface area contributed by atoms with Gasteiger partial charge in [0.05, 0.1) is 16.6 Å². The maximum Gasteiger partial charge on any atom is 0.275 e. The highest BCUT2D eigenvalue weighted by Crippen LogP contribution is 2.31. The van der Waals surface area contributed by atoms with Crippen LogP contribution in [0.15, 0.2) is 64.4 Å². The van der Waals surface area contributed by atoms with Gasteiger partial charge in [-0.15, -0.1) is 0 Å². The van der Waals surface area contributed by atoms with Crippen LogP contribution in [0.2, 0.25) is 0 Å². The molecule has 186 valence electrons. The molecule has 1 atom stereocenters. The van der Waals surface area contributed by atoms with Gasteiger partial charge in [0.1, 0.15) is 24.1 Å². The minimum absolute atomic E-state index is 0.0186. The third-order valence-electron chi connectivity index (χ3n) is 6.11. The van der Waals surface area contributed by atoms with Gasteiger partial charge in [0.2, 0.25) is 5.91 Å². The van der Waals surface area contributed by atoms with Crippen molar-refractivity contribution in [1.82, 2.24) is 20.1 Å². The fourth-order valence-corrected chi connectivity index (χ4v) is 5.32. The van der Waals surface area contributed by atoms with E-state index in [0.29, 0.717) is 17.9 Å². The van der Waals surface area contributed by atoms with Gasteiger partial charge in [-0.05, 0) is 67.4 Å². The van der Waals surface area contributed by atoms with E-state index in [-0.39, 0.29) is 35.7 Å². The highest BCUT2D eigenvalue weighted by Gasteiger charge is 2.24. The number of aromatic nitrogens is 3. The van der Waals surface area contributed by atoms with E-state index >= 15 is 0 Å². The molecule has 0 saturated carbocycles. The summed E-state index contributed by atoms with van der Waals surface area (Å²) in [5, 5.41) is 10.6. The van der Waals surface area contributed by atoms with Gasteiger partial charge in [-0.25, -0.2) is 8.42 Å². The molecule has 1 unspecified atom stereocenters. The summed E-state index contributed by atoms with van der Waals surface area (Å²) in [6.45, 7) is 3.62. The third-order valence-corrected chi connectivity index (χ3v) is 7.47. The van der Waals surface area contributed by atoms with Crippen molar-refractivity contribution in [3.8, 4) is 5.75 Å². The fourth-order valence-electron chi connectivity index (χ4n) is 4.22. The molecule has 10 nitrogen and oxygen atoms in total. The summed E-state index contributed by atoms with van der Waals surface area (Å²) in [6, 6.07) is 13.3. The van der Waals surface area contributed by atoms with Crippen LogP contribution in [0.5, 0.6) is 5.75 Å². The zero-order valence-electron chi connectivity index (χ0n) is 19.7. The number of hydrogen-bond acceptors (Lipinski definition) is 6. The van der Waals surface area contributed by atoms with Crippen LogP contribution in [-0.4, -0.2) is 35.2 Å². The van der Waals surface area contributed by atoms with Crippen LogP contribution in [-0.2, 0) is 34.3 Å². The molecule has 4 aromatic rings. The van der Waals surface area contributed by atoms with Crippen LogP contribution >= 0.6 is 0 Å². The number of ether oxygens (including phenoxy) is 1. The smallest absolute Gasteiger partial charge is 0.275 e. The minimum Gasteiger partial charge on any atom is -0.490 e. The first-order chi connectivity index (χ1) is 17.2. The molecule has 36 heavy (non-hydrogen) atoms. The molecule has 1 amide bonds. The first-order valence-corrected chi connectivity index (χ1v) is 12.9. The average molecular weight is 508 g/mol. The lowest BCUT2D eigenvalue weighted by atomic mass is 10.1. The molecule has 1 aliphatic heterocycles. The number of benzene rings is 2. The zero-order chi connectivity index (χ0) is 25.4. The van der Waals surface area contributed by atoms with Crippen molar-refractivity contribution < 1.29 is 17.9 Å². The molecule has 0 radical (unpaired) electrons. The van der Waals surface area contributed by atoms with Gasteiger partial charge in [0, 0.05) is 24.0 Å². The molecule has 0 bridgehead atoms. The summed E-state index contributed by atoms with van der Waals surface area (Å²) in [5.74, 6) is 0.287. The Morgan fingerprint density at radius 2 is 2.03 bits per heavy atom. The summed E-state index contributed by atoms with van der Waals surface area (Å²) in [4.78, 5) is 25.7. The number of H-pyrrole nitrogens is 1. The standard InChI is InChI=1S/C25H25N5O5S/c1-15-3-6-22(29-36(33,34)20-5-8-23-18(11-20)9-16(2)35-23)25(32)30(15)14-24(31)26-12-17-4-7-21-19(10-17)13-27-28-21/h3-8,10-11,13,16,29H,9,12,14H2,1-2H3,(H,26,31)(H,27,28). The quantitative estimate of drug-likeness (QED) is 0.352. The van der Waals surface area contributed by atoms with Gasteiger partial charge in [0.15, 0.2) is 0 Å². The van der Waals surface area contributed by atoms with Crippen molar-refractivity contribution in [2.24, 2.45) is 0 Å². The van der Waals surface area contributed by atoms with Gasteiger partial charge in [-0.3, -0.25) is 19.4 Å². The lowest BCUT2D eigenvalue weighted by Crippen LogP contribution is -2.34. The molecule has 2 aromatic heterocycles. The average Bonchev–Trinajstić information content (AvgIpc) is 3.46. The van der Waals surface area contributed by atoms with E-state index in [1.807, 2.05) is 25.1 Å². The molecule has 3 N–H and O–H groups in total. The first-order valence-electron chi connectivity index (χ1n) is 11.4. The summed E-state index contributed by atoms with van der Waals surface area (Å²) < 4.78 is 35.2. The number of pyridine rings is 1. The first kappa shape index (κ1) is 23.6. The number of rotatable bonds is 7. The summed E-state index contributed by atoms with van der Waals surface area (Å²) in [7, 11) is -4.02. The van der Waals surface area contributed by atoms with Crippen molar-refractivity contribution in [1.29, 1.82) is 0 Å². The minimum atomic E-state index is -4.02.